The molecule has 0 saturated heterocycles. The molecule has 0 aliphatic rings. The van der Waals surface area contributed by atoms with Crippen molar-refractivity contribution in [2.45, 2.75) is 6.54 Å². The van der Waals surface area contributed by atoms with Crippen molar-refractivity contribution in [2.24, 2.45) is 0 Å². The van der Waals surface area contributed by atoms with Gasteiger partial charge in [-0.2, -0.15) is 0 Å². The molecule has 4 nitrogen and oxygen atoms in total. The summed E-state index contributed by atoms with van der Waals surface area (Å²) in [6, 6.07) is 18.5. The van der Waals surface area contributed by atoms with Gasteiger partial charge >= 0.3 is 0 Å². The van der Waals surface area contributed by atoms with Crippen LogP contribution in [0.15, 0.2) is 66.9 Å². The highest BCUT2D eigenvalue weighted by molar-refractivity contribution is 6.40. The van der Waals surface area contributed by atoms with Crippen molar-refractivity contribution < 1.29 is 4.79 Å². The molecule has 0 spiro atoms. The fraction of sp³-hybridized carbons (Fsp3) is 0.0526. The first-order valence-corrected chi connectivity index (χ1v) is 8.38. The minimum absolute atomic E-state index is 0.272. The molecule has 0 radical (unpaired) electrons. The van der Waals surface area contributed by atoms with E-state index in [-0.39, 0.29) is 11.6 Å². The third kappa shape index (κ3) is 4.50. The van der Waals surface area contributed by atoms with Crippen molar-refractivity contribution in [1.82, 2.24) is 4.98 Å². The molecular weight excluding hydrogens is 357 g/mol. The first-order chi connectivity index (χ1) is 12.1. The third-order valence-electron chi connectivity index (χ3n) is 3.53. The van der Waals surface area contributed by atoms with Crippen LogP contribution in [0.25, 0.3) is 0 Å². The molecule has 3 rings (SSSR count). The molecule has 6 heteroatoms. The second-order valence-electron chi connectivity index (χ2n) is 5.32. The van der Waals surface area contributed by atoms with Crippen LogP contribution in [-0.2, 0) is 6.54 Å². The molecular formula is C19H15Cl2N3O. The predicted molar refractivity (Wildman–Crippen MR) is 102 cm³/mol. The van der Waals surface area contributed by atoms with E-state index in [4.69, 9.17) is 23.2 Å². The minimum Gasteiger partial charge on any atom is -0.381 e. The third-order valence-corrected chi connectivity index (χ3v) is 4.16. The molecule has 126 valence electrons. The first-order valence-electron chi connectivity index (χ1n) is 7.63. The summed E-state index contributed by atoms with van der Waals surface area (Å²) in [6.07, 6.45) is 1.58. The number of para-hydroxylation sites is 1. The summed E-state index contributed by atoms with van der Waals surface area (Å²) in [6.45, 7) is 0.655. The minimum atomic E-state index is -0.377. The predicted octanol–water partition coefficient (Wildman–Crippen LogP) is 5.25. The average molecular weight is 372 g/mol. The molecule has 2 aromatic carbocycles. The van der Waals surface area contributed by atoms with Crippen molar-refractivity contribution in [1.29, 1.82) is 0 Å². The molecule has 2 N–H and O–H groups in total. The zero-order valence-corrected chi connectivity index (χ0v) is 14.7. The summed E-state index contributed by atoms with van der Waals surface area (Å²) in [4.78, 5) is 16.5. The van der Waals surface area contributed by atoms with Crippen LogP contribution in [0.2, 0.25) is 10.0 Å². The maximum absolute atomic E-state index is 12.4. The lowest BCUT2D eigenvalue weighted by molar-refractivity contribution is 0.102. The van der Waals surface area contributed by atoms with Gasteiger partial charge in [-0.3, -0.25) is 9.78 Å². The number of carbonyl (C=O) groups excluding carboxylic acids is 1. The highest BCUT2D eigenvalue weighted by Crippen LogP contribution is 2.30. The van der Waals surface area contributed by atoms with E-state index in [1.54, 1.807) is 30.5 Å². The van der Waals surface area contributed by atoms with Crippen LogP contribution >= 0.6 is 23.2 Å². The molecule has 0 saturated carbocycles. The summed E-state index contributed by atoms with van der Waals surface area (Å²) < 4.78 is 0. The SMILES string of the molecule is O=C(Nc1c(Cl)cccc1Cl)c1cc(NCc2ccccc2)ccn1. The van der Waals surface area contributed by atoms with E-state index in [1.165, 1.54) is 0 Å². The van der Waals surface area contributed by atoms with Gasteiger partial charge in [-0.05, 0) is 29.8 Å². The number of benzene rings is 2. The Balaban J connectivity index is 1.71. The fourth-order valence-electron chi connectivity index (χ4n) is 2.26. The Morgan fingerprint density at radius 1 is 0.960 bits per heavy atom. The van der Waals surface area contributed by atoms with Gasteiger partial charge < -0.3 is 10.6 Å². The summed E-state index contributed by atoms with van der Waals surface area (Å²) in [5, 5.41) is 6.72. The highest BCUT2D eigenvalue weighted by Gasteiger charge is 2.13. The van der Waals surface area contributed by atoms with Gasteiger partial charge in [0.25, 0.3) is 5.91 Å². The van der Waals surface area contributed by atoms with Crippen LogP contribution in [-0.4, -0.2) is 10.9 Å². The summed E-state index contributed by atoms with van der Waals surface area (Å²) >= 11 is 12.2. The number of pyridine rings is 1. The standard InChI is InChI=1S/C19H15Cl2N3O/c20-15-7-4-8-16(21)18(15)24-19(25)17-11-14(9-10-22-17)23-12-13-5-2-1-3-6-13/h1-11H,12H2,(H,22,23)(H,24,25). The number of aromatic nitrogens is 1. The van der Waals surface area contributed by atoms with E-state index in [1.807, 2.05) is 36.4 Å². The molecule has 25 heavy (non-hydrogen) atoms. The number of amides is 1. The van der Waals surface area contributed by atoms with Crippen LogP contribution in [0.4, 0.5) is 11.4 Å². The van der Waals surface area contributed by atoms with E-state index in [9.17, 15) is 4.79 Å². The Hall–Kier alpha value is -2.56. The molecule has 0 aliphatic carbocycles. The largest absolute Gasteiger partial charge is 0.381 e. The molecule has 3 aromatic rings. The van der Waals surface area contributed by atoms with Crippen LogP contribution in [0, 0.1) is 0 Å². The number of nitrogens with one attached hydrogen (secondary N) is 2. The molecule has 0 unspecified atom stereocenters. The maximum Gasteiger partial charge on any atom is 0.274 e. The Morgan fingerprint density at radius 2 is 1.68 bits per heavy atom. The van der Waals surface area contributed by atoms with Crippen LogP contribution < -0.4 is 10.6 Å². The topological polar surface area (TPSA) is 54.0 Å². The number of carbonyl (C=O) groups is 1. The summed E-state index contributed by atoms with van der Waals surface area (Å²) in [5.74, 6) is -0.377. The van der Waals surface area contributed by atoms with Crippen LogP contribution in [0.3, 0.4) is 0 Å². The number of hydrogen-bond acceptors (Lipinski definition) is 3. The van der Waals surface area contributed by atoms with Gasteiger partial charge in [-0.15, -0.1) is 0 Å². The van der Waals surface area contributed by atoms with Gasteiger partial charge in [0.2, 0.25) is 0 Å². The number of rotatable bonds is 5. The Kier molecular flexibility index (Phi) is 5.53. The van der Waals surface area contributed by atoms with Crippen molar-refractivity contribution in [3.63, 3.8) is 0 Å². The van der Waals surface area contributed by atoms with Crippen LogP contribution in [0.1, 0.15) is 16.1 Å². The van der Waals surface area contributed by atoms with Crippen molar-refractivity contribution in [3.05, 3.63) is 88.2 Å². The quantitative estimate of drug-likeness (QED) is 0.643. The van der Waals surface area contributed by atoms with E-state index >= 15 is 0 Å². The van der Waals surface area contributed by atoms with Gasteiger partial charge in [-0.25, -0.2) is 0 Å². The fourth-order valence-corrected chi connectivity index (χ4v) is 2.75. The smallest absolute Gasteiger partial charge is 0.274 e. The zero-order chi connectivity index (χ0) is 17.6. The molecule has 1 aromatic heterocycles. The average Bonchev–Trinajstić information content (AvgIpc) is 2.64. The first kappa shape index (κ1) is 17.3. The zero-order valence-electron chi connectivity index (χ0n) is 13.2. The van der Waals surface area contributed by atoms with Gasteiger partial charge in [0, 0.05) is 18.4 Å². The summed E-state index contributed by atoms with van der Waals surface area (Å²) in [5.41, 5.74) is 2.59. The maximum atomic E-state index is 12.4. The van der Waals surface area contributed by atoms with Gasteiger partial charge in [0.15, 0.2) is 0 Å². The molecule has 1 amide bonds. The molecule has 0 atom stereocenters. The van der Waals surface area contributed by atoms with Gasteiger partial charge in [-0.1, -0.05) is 59.6 Å². The lowest BCUT2D eigenvalue weighted by Gasteiger charge is -2.10. The Labute approximate surface area is 155 Å². The lowest BCUT2D eigenvalue weighted by atomic mass is 10.2. The van der Waals surface area contributed by atoms with E-state index < -0.39 is 0 Å². The van der Waals surface area contributed by atoms with Gasteiger partial charge in [0.05, 0.1) is 15.7 Å². The number of anilines is 2. The van der Waals surface area contributed by atoms with E-state index in [0.717, 1.165) is 11.3 Å². The second kappa shape index (κ2) is 8.01. The monoisotopic (exact) mass is 371 g/mol. The van der Waals surface area contributed by atoms with Crippen molar-refractivity contribution in [2.75, 3.05) is 10.6 Å². The number of hydrogen-bond donors (Lipinski definition) is 2. The number of nitrogens with zero attached hydrogens (tertiary/aromatic N) is 1. The van der Waals surface area contributed by atoms with Crippen molar-refractivity contribution >= 4 is 40.5 Å². The summed E-state index contributed by atoms with van der Waals surface area (Å²) in [7, 11) is 0. The lowest BCUT2D eigenvalue weighted by Crippen LogP contribution is -2.14. The normalized spacial score (nSPS) is 10.3. The molecule has 0 fully saturated rings. The molecule has 1 heterocycles. The van der Waals surface area contributed by atoms with E-state index in [0.29, 0.717) is 22.3 Å². The number of halogens is 2. The second-order valence-corrected chi connectivity index (χ2v) is 6.13. The Bertz CT molecular complexity index is 865. The van der Waals surface area contributed by atoms with Crippen LogP contribution in [0.5, 0.6) is 0 Å². The van der Waals surface area contributed by atoms with E-state index in [2.05, 4.69) is 15.6 Å². The van der Waals surface area contributed by atoms with Crippen molar-refractivity contribution in [3.8, 4) is 0 Å². The molecule has 0 aliphatic heterocycles. The highest BCUT2D eigenvalue weighted by atomic mass is 35.5. The Morgan fingerprint density at radius 3 is 2.40 bits per heavy atom. The van der Waals surface area contributed by atoms with Gasteiger partial charge in [0.1, 0.15) is 5.69 Å². The molecule has 0 bridgehead atoms.